The third-order valence-corrected chi connectivity index (χ3v) is 4.47. The highest BCUT2D eigenvalue weighted by molar-refractivity contribution is 6.31. The van der Waals surface area contributed by atoms with E-state index >= 15 is 0 Å². The van der Waals surface area contributed by atoms with E-state index in [1.165, 1.54) is 12.8 Å². The van der Waals surface area contributed by atoms with Crippen molar-refractivity contribution in [2.75, 3.05) is 20.3 Å². The first-order valence-corrected chi connectivity index (χ1v) is 8.22. The summed E-state index contributed by atoms with van der Waals surface area (Å²) in [5, 5.41) is 4.10. The van der Waals surface area contributed by atoms with Gasteiger partial charge in [0.15, 0.2) is 0 Å². The number of rotatable bonds is 7. The number of halogens is 1. The first-order valence-electron chi connectivity index (χ1n) is 7.84. The van der Waals surface area contributed by atoms with E-state index in [2.05, 4.69) is 12.2 Å². The molecule has 1 aromatic carbocycles. The lowest BCUT2D eigenvalue weighted by Gasteiger charge is -2.28. The van der Waals surface area contributed by atoms with Crippen LogP contribution in [0.5, 0.6) is 5.75 Å². The topological polar surface area (TPSA) is 30.5 Å². The van der Waals surface area contributed by atoms with Crippen LogP contribution in [0.1, 0.15) is 38.2 Å². The van der Waals surface area contributed by atoms with E-state index in [0.29, 0.717) is 19.3 Å². The molecule has 0 bridgehead atoms. The molecule has 1 aromatic rings. The molecule has 1 saturated carbocycles. The minimum absolute atomic E-state index is 0.331. The molecular formula is C17H26ClNO2. The molecule has 0 spiro atoms. The van der Waals surface area contributed by atoms with Crippen molar-refractivity contribution in [2.24, 2.45) is 5.92 Å². The van der Waals surface area contributed by atoms with Gasteiger partial charge in [-0.15, -0.1) is 0 Å². The third-order valence-electron chi connectivity index (χ3n) is 4.12. The minimum atomic E-state index is 0.331. The summed E-state index contributed by atoms with van der Waals surface area (Å²) in [7, 11) is 1.70. The quantitative estimate of drug-likeness (QED) is 0.771. The second kappa shape index (κ2) is 8.62. The van der Waals surface area contributed by atoms with Crippen LogP contribution >= 0.6 is 11.6 Å². The summed E-state index contributed by atoms with van der Waals surface area (Å²) in [5.41, 5.74) is 1.05. The fourth-order valence-corrected chi connectivity index (χ4v) is 2.97. The Labute approximate surface area is 133 Å². The van der Waals surface area contributed by atoms with Crippen LogP contribution < -0.4 is 10.1 Å². The third kappa shape index (κ3) is 5.17. The molecule has 1 aliphatic carbocycles. The Morgan fingerprint density at radius 1 is 1.24 bits per heavy atom. The standard InChI is InChI=1S/C17H26ClNO2/c1-13-6-8-14(9-7-13)21-17-5-3-4-16(18)15(17)12-19-10-11-20-2/h3-5,13-14,19H,6-12H2,1-2H3. The normalized spacial score (nSPS) is 22.2. The molecule has 0 aliphatic heterocycles. The summed E-state index contributed by atoms with van der Waals surface area (Å²) in [6, 6.07) is 5.91. The summed E-state index contributed by atoms with van der Waals surface area (Å²) in [6.45, 7) is 4.53. The van der Waals surface area contributed by atoms with Gasteiger partial charge in [0, 0.05) is 30.8 Å². The Hall–Kier alpha value is -0.770. The monoisotopic (exact) mass is 311 g/mol. The Morgan fingerprint density at radius 2 is 2.00 bits per heavy atom. The molecule has 0 amide bonds. The van der Waals surface area contributed by atoms with Gasteiger partial charge in [0.25, 0.3) is 0 Å². The van der Waals surface area contributed by atoms with Crippen molar-refractivity contribution in [3.63, 3.8) is 0 Å². The number of hydrogen-bond acceptors (Lipinski definition) is 3. The minimum Gasteiger partial charge on any atom is -0.490 e. The number of methoxy groups -OCH3 is 1. The van der Waals surface area contributed by atoms with Crippen molar-refractivity contribution < 1.29 is 9.47 Å². The lowest BCUT2D eigenvalue weighted by atomic mass is 9.89. The van der Waals surface area contributed by atoms with E-state index in [9.17, 15) is 0 Å². The predicted octanol–water partition coefficient (Wildman–Crippen LogP) is 4.03. The maximum atomic E-state index is 6.33. The highest BCUT2D eigenvalue weighted by atomic mass is 35.5. The second-order valence-corrected chi connectivity index (χ2v) is 6.29. The van der Waals surface area contributed by atoms with Crippen LogP contribution in [0.3, 0.4) is 0 Å². The molecule has 0 aromatic heterocycles. The smallest absolute Gasteiger partial charge is 0.125 e. The lowest BCUT2D eigenvalue weighted by Crippen LogP contribution is -2.24. The second-order valence-electron chi connectivity index (χ2n) is 5.89. The molecule has 0 heterocycles. The molecule has 0 saturated heterocycles. The zero-order valence-corrected chi connectivity index (χ0v) is 13.8. The first kappa shape index (κ1) is 16.6. The maximum absolute atomic E-state index is 6.33. The average molecular weight is 312 g/mol. The molecule has 0 radical (unpaired) electrons. The summed E-state index contributed by atoms with van der Waals surface area (Å²) < 4.78 is 11.3. The van der Waals surface area contributed by atoms with Crippen LogP contribution in [-0.2, 0) is 11.3 Å². The van der Waals surface area contributed by atoms with Crippen molar-refractivity contribution >= 4 is 11.6 Å². The van der Waals surface area contributed by atoms with E-state index < -0.39 is 0 Å². The van der Waals surface area contributed by atoms with Crippen LogP contribution in [-0.4, -0.2) is 26.4 Å². The van der Waals surface area contributed by atoms with Gasteiger partial charge >= 0.3 is 0 Å². The SMILES string of the molecule is COCCNCc1c(Cl)cccc1OC1CCC(C)CC1. The molecule has 21 heavy (non-hydrogen) atoms. The van der Waals surface area contributed by atoms with Crippen molar-refractivity contribution in [3.05, 3.63) is 28.8 Å². The van der Waals surface area contributed by atoms with Crippen molar-refractivity contribution in [3.8, 4) is 5.75 Å². The molecule has 1 N–H and O–H groups in total. The van der Waals surface area contributed by atoms with Gasteiger partial charge in [-0.05, 0) is 43.7 Å². The van der Waals surface area contributed by atoms with E-state index in [-0.39, 0.29) is 0 Å². The van der Waals surface area contributed by atoms with Crippen molar-refractivity contribution in [2.45, 2.75) is 45.3 Å². The van der Waals surface area contributed by atoms with Crippen molar-refractivity contribution in [1.82, 2.24) is 5.32 Å². The van der Waals surface area contributed by atoms with Gasteiger partial charge in [-0.3, -0.25) is 0 Å². The zero-order valence-electron chi connectivity index (χ0n) is 13.0. The zero-order chi connectivity index (χ0) is 15.1. The highest BCUT2D eigenvalue weighted by Crippen LogP contribution is 2.31. The summed E-state index contributed by atoms with van der Waals surface area (Å²) in [4.78, 5) is 0. The molecule has 1 aliphatic rings. The molecule has 3 nitrogen and oxygen atoms in total. The molecule has 1 fully saturated rings. The van der Waals surface area contributed by atoms with Crippen LogP contribution in [0, 0.1) is 5.92 Å². The van der Waals surface area contributed by atoms with Gasteiger partial charge in [0.2, 0.25) is 0 Å². The van der Waals surface area contributed by atoms with Gasteiger partial charge in [-0.25, -0.2) is 0 Å². The van der Waals surface area contributed by atoms with Gasteiger partial charge in [-0.1, -0.05) is 24.6 Å². The Kier molecular flexibility index (Phi) is 6.81. The summed E-state index contributed by atoms with van der Waals surface area (Å²) in [6.07, 6.45) is 5.13. The van der Waals surface area contributed by atoms with E-state index in [0.717, 1.165) is 41.6 Å². The Bertz CT molecular complexity index is 431. The summed E-state index contributed by atoms with van der Waals surface area (Å²) >= 11 is 6.33. The number of benzene rings is 1. The lowest BCUT2D eigenvalue weighted by molar-refractivity contribution is 0.134. The highest BCUT2D eigenvalue weighted by Gasteiger charge is 2.20. The Morgan fingerprint density at radius 3 is 2.71 bits per heavy atom. The summed E-state index contributed by atoms with van der Waals surface area (Å²) in [5.74, 6) is 1.76. The number of hydrogen-bond donors (Lipinski definition) is 1. The van der Waals surface area contributed by atoms with Crippen LogP contribution in [0.15, 0.2) is 18.2 Å². The van der Waals surface area contributed by atoms with Crippen LogP contribution in [0.25, 0.3) is 0 Å². The van der Waals surface area contributed by atoms with Gasteiger partial charge in [0.05, 0.1) is 12.7 Å². The fourth-order valence-electron chi connectivity index (χ4n) is 2.74. The van der Waals surface area contributed by atoms with E-state index in [4.69, 9.17) is 21.1 Å². The average Bonchev–Trinajstić information content (AvgIpc) is 2.48. The maximum Gasteiger partial charge on any atom is 0.125 e. The number of ether oxygens (including phenoxy) is 2. The number of nitrogens with one attached hydrogen (secondary N) is 1. The largest absolute Gasteiger partial charge is 0.490 e. The van der Waals surface area contributed by atoms with Crippen LogP contribution in [0.2, 0.25) is 5.02 Å². The molecule has 0 atom stereocenters. The van der Waals surface area contributed by atoms with E-state index in [1.54, 1.807) is 7.11 Å². The van der Waals surface area contributed by atoms with Gasteiger partial charge in [-0.2, -0.15) is 0 Å². The molecular weight excluding hydrogens is 286 g/mol. The molecule has 118 valence electrons. The molecule has 2 rings (SSSR count). The van der Waals surface area contributed by atoms with Crippen LogP contribution in [0.4, 0.5) is 0 Å². The van der Waals surface area contributed by atoms with Gasteiger partial charge in [0.1, 0.15) is 5.75 Å². The predicted molar refractivity (Wildman–Crippen MR) is 87.1 cm³/mol. The molecule has 4 heteroatoms. The van der Waals surface area contributed by atoms with Gasteiger partial charge < -0.3 is 14.8 Å². The van der Waals surface area contributed by atoms with Crippen molar-refractivity contribution in [1.29, 1.82) is 0 Å². The first-order chi connectivity index (χ1) is 10.2. The van der Waals surface area contributed by atoms with E-state index in [1.807, 2.05) is 18.2 Å². The fraction of sp³-hybridized carbons (Fsp3) is 0.647. The Balaban J connectivity index is 1.96. The molecule has 0 unspecified atom stereocenters.